The summed E-state index contributed by atoms with van der Waals surface area (Å²) in [6.45, 7) is 1.06. The largest absolute Gasteiger partial charge is 0.449 e. The van der Waals surface area contributed by atoms with Crippen LogP contribution in [0.1, 0.15) is 46.0 Å². The Morgan fingerprint density at radius 1 is 1.00 bits per heavy atom. The van der Waals surface area contributed by atoms with Crippen molar-refractivity contribution in [2.24, 2.45) is 0 Å². The van der Waals surface area contributed by atoms with Crippen LogP contribution in [0.3, 0.4) is 0 Å². The van der Waals surface area contributed by atoms with Crippen LogP contribution in [-0.4, -0.2) is 41.3 Å². The van der Waals surface area contributed by atoms with Gasteiger partial charge in [0.2, 0.25) is 0 Å². The predicted molar refractivity (Wildman–Crippen MR) is 120 cm³/mol. The smallest absolute Gasteiger partial charge is 0.407 e. The molecular weight excluding hydrogens is 425 g/mol. The van der Waals surface area contributed by atoms with Gasteiger partial charge in [0.25, 0.3) is 0 Å². The van der Waals surface area contributed by atoms with Crippen LogP contribution in [0.25, 0.3) is 11.1 Å². The number of alkyl carbamates (subject to hydrolysis) is 1. The van der Waals surface area contributed by atoms with Gasteiger partial charge in [0.05, 0.1) is 0 Å². The number of rotatable bonds is 7. The van der Waals surface area contributed by atoms with Crippen molar-refractivity contribution < 1.29 is 28.9 Å². The van der Waals surface area contributed by atoms with E-state index in [4.69, 9.17) is 4.74 Å². The average molecular weight is 449 g/mol. The van der Waals surface area contributed by atoms with E-state index in [2.05, 4.69) is 5.32 Å². The Hall–Kier alpha value is -3.55. The van der Waals surface area contributed by atoms with Gasteiger partial charge in [-0.1, -0.05) is 48.5 Å². The van der Waals surface area contributed by atoms with Gasteiger partial charge in [0.1, 0.15) is 24.6 Å². The summed E-state index contributed by atoms with van der Waals surface area (Å²) in [4.78, 5) is 23.8. The van der Waals surface area contributed by atoms with Crippen LogP contribution in [0.4, 0.5) is 9.18 Å². The highest BCUT2D eigenvalue weighted by Crippen LogP contribution is 2.44. The zero-order chi connectivity index (χ0) is 23.5. The Labute approximate surface area is 190 Å². The zero-order valence-electron chi connectivity index (χ0n) is 18.0. The van der Waals surface area contributed by atoms with Gasteiger partial charge in [-0.2, -0.15) is 0 Å². The summed E-state index contributed by atoms with van der Waals surface area (Å²) in [5.74, 6) is -1.16. The quantitative estimate of drug-likeness (QED) is 0.475. The molecule has 4 rings (SSSR count). The molecule has 0 fully saturated rings. The van der Waals surface area contributed by atoms with E-state index in [9.17, 15) is 24.2 Å². The number of aliphatic hydroxyl groups excluding tert-OH is 2. The number of amides is 1. The highest BCUT2D eigenvalue weighted by molar-refractivity contribution is 5.94. The van der Waals surface area contributed by atoms with Crippen LogP contribution in [0, 0.1) is 5.82 Å². The number of ether oxygens (including phenoxy) is 1. The van der Waals surface area contributed by atoms with Gasteiger partial charge in [0.15, 0.2) is 5.78 Å². The second-order valence-electron chi connectivity index (χ2n) is 8.01. The average Bonchev–Trinajstić information content (AvgIpc) is 3.14. The molecule has 0 radical (unpaired) electrons. The lowest BCUT2D eigenvalue weighted by Crippen LogP contribution is -2.36. The van der Waals surface area contributed by atoms with Crippen LogP contribution in [0.2, 0.25) is 0 Å². The molecular formula is C26H24FNO5. The van der Waals surface area contributed by atoms with E-state index in [1.54, 1.807) is 0 Å². The van der Waals surface area contributed by atoms with Gasteiger partial charge in [0, 0.05) is 23.6 Å². The van der Waals surface area contributed by atoms with E-state index in [1.165, 1.54) is 19.1 Å². The van der Waals surface area contributed by atoms with Crippen molar-refractivity contribution in [3.05, 3.63) is 94.8 Å². The first-order chi connectivity index (χ1) is 15.9. The van der Waals surface area contributed by atoms with Crippen LogP contribution in [0.5, 0.6) is 0 Å². The van der Waals surface area contributed by atoms with Crippen LogP contribution in [0.15, 0.2) is 66.7 Å². The lowest BCUT2D eigenvalue weighted by molar-refractivity contribution is 0.0165. The fourth-order valence-electron chi connectivity index (χ4n) is 4.15. The molecule has 3 N–H and O–H groups in total. The summed E-state index contributed by atoms with van der Waals surface area (Å²) >= 11 is 0. The maximum absolute atomic E-state index is 14.1. The van der Waals surface area contributed by atoms with Gasteiger partial charge in [-0.05, 0) is 47.4 Å². The maximum atomic E-state index is 14.1. The molecule has 0 spiro atoms. The molecule has 33 heavy (non-hydrogen) atoms. The molecule has 0 saturated carbocycles. The minimum Gasteiger partial charge on any atom is -0.449 e. The maximum Gasteiger partial charge on any atom is 0.407 e. The van der Waals surface area contributed by atoms with Crippen molar-refractivity contribution in [3.8, 4) is 11.1 Å². The third-order valence-electron chi connectivity index (χ3n) is 5.88. The van der Waals surface area contributed by atoms with Gasteiger partial charge in [-0.25, -0.2) is 9.18 Å². The van der Waals surface area contributed by atoms with E-state index in [0.29, 0.717) is 0 Å². The standard InChI is InChI=1S/C26H24FNO5/c1-15(29)16-10-11-23(27)21(12-16)25(31)24(30)13-28-26(32)33-14-22-19-8-4-2-6-17(19)18-7-3-5-9-20(18)22/h2-12,22,24-25,30-31H,13-14H2,1H3,(H,28,32). The first-order valence-corrected chi connectivity index (χ1v) is 10.6. The SMILES string of the molecule is CC(=O)c1ccc(F)c(C(O)C(O)CNC(=O)OCC2c3ccccc3-c3ccccc32)c1. The second kappa shape index (κ2) is 9.52. The Balaban J connectivity index is 1.36. The number of benzene rings is 3. The monoisotopic (exact) mass is 449 g/mol. The Bertz CT molecular complexity index is 1150. The molecule has 3 aromatic carbocycles. The molecule has 0 aromatic heterocycles. The summed E-state index contributed by atoms with van der Waals surface area (Å²) in [5, 5.41) is 23.0. The van der Waals surface area contributed by atoms with Crippen molar-refractivity contribution in [1.82, 2.24) is 5.32 Å². The predicted octanol–water partition coefficient (Wildman–Crippen LogP) is 3.96. The number of ketones is 1. The number of hydrogen-bond acceptors (Lipinski definition) is 5. The third-order valence-corrected chi connectivity index (χ3v) is 5.88. The Morgan fingerprint density at radius 3 is 2.21 bits per heavy atom. The summed E-state index contributed by atoms with van der Waals surface area (Å²) in [6.07, 6.45) is -3.89. The zero-order valence-corrected chi connectivity index (χ0v) is 18.0. The minimum atomic E-state index is -1.63. The fraction of sp³-hybridized carbons (Fsp3) is 0.231. The first-order valence-electron chi connectivity index (χ1n) is 10.6. The highest BCUT2D eigenvalue weighted by atomic mass is 19.1. The van der Waals surface area contributed by atoms with E-state index in [0.717, 1.165) is 28.3 Å². The summed E-state index contributed by atoms with van der Waals surface area (Å²) in [5.41, 5.74) is 4.35. The molecule has 0 aliphatic heterocycles. The number of carbonyl (C=O) groups is 2. The number of hydrogen-bond donors (Lipinski definition) is 3. The molecule has 6 nitrogen and oxygen atoms in total. The fourth-order valence-corrected chi connectivity index (χ4v) is 4.15. The molecule has 0 saturated heterocycles. The molecule has 2 atom stereocenters. The van der Waals surface area contributed by atoms with Crippen molar-refractivity contribution >= 4 is 11.9 Å². The topological polar surface area (TPSA) is 95.9 Å². The Morgan fingerprint density at radius 2 is 1.61 bits per heavy atom. The molecule has 1 aliphatic carbocycles. The molecule has 7 heteroatoms. The Kier molecular flexibility index (Phi) is 6.53. The van der Waals surface area contributed by atoms with Gasteiger partial charge in [-0.15, -0.1) is 0 Å². The lowest BCUT2D eigenvalue weighted by Gasteiger charge is -2.20. The van der Waals surface area contributed by atoms with Crippen LogP contribution >= 0.6 is 0 Å². The third kappa shape index (κ3) is 4.65. The van der Waals surface area contributed by atoms with Gasteiger partial charge in [-0.3, -0.25) is 4.79 Å². The van der Waals surface area contributed by atoms with Crippen LogP contribution in [-0.2, 0) is 4.74 Å². The van der Waals surface area contributed by atoms with Crippen molar-refractivity contribution in [1.29, 1.82) is 0 Å². The van der Waals surface area contributed by atoms with Crippen LogP contribution < -0.4 is 5.32 Å². The number of aliphatic hydroxyl groups is 2. The number of halogens is 1. The number of Topliss-reactive ketones (excluding diaryl/α,β-unsaturated/α-hetero) is 1. The molecule has 0 heterocycles. The molecule has 0 bridgehead atoms. The summed E-state index contributed by atoms with van der Waals surface area (Å²) in [6, 6.07) is 19.4. The van der Waals surface area contributed by atoms with Crippen molar-refractivity contribution in [2.45, 2.75) is 25.0 Å². The summed E-state index contributed by atoms with van der Waals surface area (Å²) < 4.78 is 19.5. The second-order valence-corrected chi connectivity index (χ2v) is 8.01. The molecule has 1 aliphatic rings. The van der Waals surface area contributed by atoms with E-state index >= 15 is 0 Å². The first kappa shape index (κ1) is 22.6. The summed E-state index contributed by atoms with van der Waals surface area (Å²) in [7, 11) is 0. The normalized spacial score (nSPS) is 14.2. The van der Waals surface area contributed by atoms with Gasteiger partial charge >= 0.3 is 6.09 Å². The van der Waals surface area contributed by atoms with E-state index in [1.807, 2.05) is 48.5 Å². The molecule has 2 unspecified atom stereocenters. The van der Waals surface area contributed by atoms with E-state index < -0.39 is 24.1 Å². The van der Waals surface area contributed by atoms with Gasteiger partial charge < -0.3 is 20.3 Å². The van der Waals surface area contributed by atoms with Crippen molar-refractivity contribution in [3.63, 3.8) is 0 Å². The number of carbonyl (C=O) groups excluding carboxylic acids is 2. The van der Waals surface area contributed by atoms with Crippen molar-refractivity contribution in [2.75, 3.05) is 13.2 Å². The molecule has 170 valence electrons. The molecule has 1 amide bonds. The highest BCUT2D eigenvalue weighted by Gasteiger charge is 2.29. The molecule has 3 aromatic rings. The number of fused-ring (bicyclic) bond motifs is 3. The minimum absolute atomic E-state index is 0.105. The number of nitrogens with one attached hydrogen (secondary N) is 1. The van der Waals surface area contributed by atoms with E-state index in [-0.39, 0.29) is 36.0 Å². The lowest BCUT2D eigenvalue weighted by atomic mass is 9.98.